The van der Waals surface area contributed by atoms with E-state index in [1.807, 2.05) is 6.07 Å². The molecule has 1 atom stereocenters. The Hall–Kier alpha value is -1.87. The first kappa shape index (κ1) is 21.2. The van der Waals surface area contributed by atoms with E-state index in [9.17, 15) is 14.9 Å². The number of nitriles is 1. The summed E-state index contributed by atoms with van der Waals surface area (Å²) in [5, 5.41) is 12.1. The molecule has 0 fully saturated rings. The molecule has 25 heavy (non-hydrogen) atoms. The summed E-state index contributed by atoms with van der Waals surface area (Å²) in [5.41, 5.74) is -0.855. The van der Waals surface area contributed by atoms with Crippen LogP contribution in [0.3, 0.4) is 0 Å². The average molecular weight is 409 g/mol. The Morgan fingerprint density at radius 2 is 1.92 bits per heavy atom. The lowest BCUT2D eigenvalue weighted by atomic mass is 9.82. The number of hydrogen-bond acceptors (Lipinski definition) is 4. The Morgan fingerprint density at radius 1 is 1.28 bits per heavy atom. The molecule has 6 heteroatoms. The van der Waals surface area contributed by atoms with Crippen LogP contribution in [0.25, 0.3) is 0 Å². The zero-order valence-corrected chi connectivity index (χ0v) is 16.9. The van der Waals surface area contributed by atoms with Gasteiger partial charge in [0.15, 0.2) is 5.78 Å². The number of ketones is 1. The molecule has 0 saturated heterocycles. The van der Waals surface area contributed by atoms with Gasteiger partial charge in [0.2, 0.25) is 0 Å². The average Bonchev–Trinajstić information content (AvgIpc) is 2.49. The molecule has 0 aliphatic heterocycles. The Labute approximate surface area is 157 Å². The number of hydrogen-bond donors (Lipinski definition) is 1. The number of rotatable bonds is 6. The summed E-state index contributed by atoms with van der Waals surface area (Å²) in [6.45, 7) is 8.78. The van der Waals surface area contributed by atoms with Crippen LogP contribution in [0.4, 0.5) is 4.79 Å². The molecule has 1 unspecified atom stereocenters. The van der Waals surface area contributed by atoms with E-state index in [0.29, 0.717) is 12.0 Å². The Balaban J connectivity index is 2.80. The van der Waals surface area contributed by atoms with Gasteiger partial charge in [-0.1, -0.05) is 28.1 Å². The minimum Gasteiger partial charge on any atom is -0.444 e. The van der Waals surface area contributed by atoms with Crippen LogP contribution in [0.5, 0.6) is 0 Å². The van der Waals surface area contributed by atoms with Crippen molar-refractivity contribution < 1.29 is 14.3 Å². The van der Waals surface area contributed by atoms with E-state index < -0.39 is 23.2 Å². The van der Waals surface area contributed by atoms with Crippen LogP contribution in [0, 0.1) is 16.7 Å². The number of benzene rings is 1. The van der Waals surface area contributed by atoms with Crippen LogP contribution in [0.2, 0.25) is 0 Å². The van der Waals surface area contributed by atoms with E-state index in [1.165, 1.54) is 0 Å². The van der Waals surface area contributed by atoms with Gasteiger partial charge in [-0.05, 0) is 53.2 Å². The van der Waals surface area contributed by atoms with Crippen LogP contribution in [-0.4, -0.2) is 23.5 Å². The number of Topliss-reactive ketones (excluding diaryl/α,β-unsaturated/α-hetero) is 1. The van der Waals surface area contributed by atoms with E-state index in [0.717, 1.165) is 4.47 Å². The standard InChI is InChI=1S/C19H25BrN2O3/c1-18(2,3)25-17(24)22-16(19(4,5)12-21)10-9-15(23)13-7-6-8-14(20)11-13/h6-8,11,16H,9-10H2,1-5H3,(H,22,24). The third-order valence-electron chi connectivity index (χ3n) is 3.66. The van der Waals surface area contributed by atoms with E-state index in [2.05, 4.69) is 27.3 Å². The number of amides is 1. The van der Waals surface area contributed by atoms with Crippen LogP contribution < -0.4 is 5.32 Å². The van der Waals surface area contributed by atoms with Gasteiger partial charge in [-0.2, -0.15) is 5.26 Å². The van der Waals surface area contributed by atoms with Crippen molar-refractivity contribution in [1.82, 2.24) is 5.32 Å². The summed E-state index contributed by atoms with van der Waals surface area (Å²) < 4.78 is 6.10. The Kier molecular flexibility index (Phi) is 7.18. The second kappa shape index (κ2) is 8.48. The third-order valence-corrected chi connectivity index (χ3v) is 4.15. The molecular formula is C19H25BrN2O3. The fraction of sp³-hybridized carbons (Fsp3) is 0.526. The third kappa shape index (κ3) is 7.27. The monoisotopic (exact) mass is 408 g/mol. The lowest BCUT2D eigenvalue weighted by Gasteiger charge is -2.30. The number of nitrogens with zero attached hydrogens (tertiary/aromatic N) is 1. The highest BCUT2D eigenvalue weighted by Gasteiger charge is 2.32. The number of ether oxygens (including phenoxy) is 1. The summed E-state index contributed by atoms with van der Waals surface area (Å²) in [6.07, 6.45) is -0.0107. The molecule has 1 rings (SSSR count). The number of carbonyl (C=O) groups excluding carboxylic acids is 2. The van der Waals surface area contributed by atoms with Crippen LogP contribution in [0.15, 0.2) is 28.7 Å². The molecule has 0 spiro atoms. The molecular weight excluding hydrogens is 384 g/mol. The highest BCUT2D eigenvalue weighted by Crippen LogP contribution is 2.25. The fourth-order valence-corrected chi connectivity index (χ4v) is 2.62. The molecule has 0 bridgehead atoms. The van der Waals surface area contributed by atoms with Crippen molar-refractivity contribution in [2.24, 2.45) is 5.41 Å². The summed E-state index contributed by atoms with van der Waals surface area (Å²) in [6, 6.07) is 8.85. The van der Waals surface area contributed by atoms with Gasteiger partial charge >= 0.3 is 6.09 Å². The van der Waals surface area contributed by atoms with Crippen LogP contribution in [0.1, 0.15) is 57.8 Å². The van der Waals surface area contributed by atoms with E-state index >= 15 is 0 Å². The summed E-state index contributed by atoms with van der Waals surface area (Å²) >= 11 is 3.35. The molecule has 1 amide bonds. The molecule has 0 heterocycles. The van der Waals surface area contributed by atoms with Crippen molar-refractivity contribution in [1.29, 1.82) is 5.26 Å². The molecule has 0 aliphatic carbocycles. The summed E-state index contributed by atoms with van der Waals surface area (Å²) in [7, 11) is 0. The van der Waals surface area contributed by atoms with Gasteiger partial charge in [0.25, 0.3) is 0 Å². The zero-order valence-electron chi connectivity index (χ0n) is 15.4. The normalized spacial score (nSPS) is 12.8. The molecule has 1 N–H and O–H groups in total. The van der Waals surface area contributed by atoms with Crippen molar-refractivity contribution in [2.75, 3.05) is 0 Å². The Morgan fingerprint density at radius 3 is 2.44 bits per heavy atom. The van der Waals surface area contributed by atoms with Crippen molar-refractivity contribution in [3.63, 3.8) is 0 Å². The summed E-state index contributed by atoms with van der Waals surface area (Å²) in [5.74, 6) is -0.0361. The maximum atomic E-state index is 12.4. The smallest absolute Gasteiger partial charge is 0.407 e. The number of carbonyl (C=O) groups is 2. The second-order valence-electron chi connectivity index (χ2n) is 7.50. The lowest BCUT2D eigenvalue weighted by Crippen LogP contribution is -2.46. The minimum atomic E-state index is -0.825. The number of alkyl carbamates (subject to hydrolysis) is 1. The quantitative estimate of drug-likeness (QED) is 0.681. The largest absolute Gasteiger partial charge is 0.444 e. The number of nitrogens with one attached hydrogen (secondary N) is 1. The first-order valence-electron chi connectivity index (χ1n) is 8.14. The second-order valence-corrected chi connectivity index (χ2v) is 8.42. The lowest BCUT2D eigenvalue weighted by molar-refractivity contribution is 0.0468. The van der Waals surface area contributed by atoms with Crippen molar-refractivity contribution in [3.05, 3.63) is 34.3 Å². The summed E-state index contributed by atoms with van der Waals surface area (Å²) in [4.78, 5) is 24.4. The minimum absolute atomic E-state index is 0.0361. The van der Waals surface area contributed by atoms with E-state index in [-0.39, 0.29) is 12.2 Å². The highest BCUT2D eigenvalue weighted by molar-refractivity contribution is 9.10. The molecule has 0 radical (unpaired) electrons. The molecule has 136 valence electrons. The van der Waals surface area contributed by atoms with Gasteiger partial charge in [0.1, 0.15) is 5.60 Å². The predicted octanol–water partition coefficient (Wildman–Crippen LogP) is 4.86. The molecule has 0 aliphatic rings. The molecule has 5 nitrogen and oxygen atoms in total. The van der Waals surface area contributed by atoms with Crippen LogP contribution in [-0.2, 0) is 4.74 Å². The first-order valence-corrected chi connectivity index (χ1v) is 8.93. The maximum Gasteiger partial charge on any atom is 0.407 e. The van der Waals surface area contributed by atoms with Gasteiger partial charge in [0, 0.05) is 16.5 Å². The molecule has 0 aromatic heterocycles. The SMILES string of the molecule is CC(C)(C)OC(=O)NC(CCC(=O)c1cccc(Br)c1)C(C)(C)C#N. The van der Waals surface area contributed by atoms with Gasteiger partial charge in [-0.3, -0.25) is 4.79 Å². The van der Waals surface area contributed by atoms with Gasteiger partial charge in [-0.25, -0.2) is 4.79 Å². The topological polar surface area (TPSA) is 79.2 Å². The first-order chi connectivity index (χ1) is 11.4. The highest BCUT2D eigenvalue weighted by atomic mass is 79.9. The fourth-order valence-electron chi connectivity index (χ4n) is 2.22. The molecule has 1 aromatic rings. The van der Waals surface area contributed by atoms with Gasteiger partial charge in [0.05, 0.1) is 17.5 Å². The molecule has 0 saturated carbocycles. The Bertz CT molecular complexity index is 672. The van der Waals surface area contributed by atoms with Gasteiger partial charge < -0.3 is 10.1 Å². The molecule has 1 aromatic carbocycles. The predicted molar refractivity (Wildman–Crippen MR) is 100 cm³/mol. The van der Waals surface area contributed by atoms with Crippen molar-refractivity contribution in [3.8, 4) is 6.07 Å². The van der Waals surface area contributed by atoms with E-state index in [1.54, 1.807) is 52.8 Å². The van der Waals surface area contributed by atoms with Crippen molar-refractivity contribution in [2.45, 2.75) is 59.1 Å². The zero-order chi connectivity index (χ0) is 19.3. The van der Waals surface area contributed by atoms with Gasteiger partial charge in [-0.15, -0.1) is 0 Å². The van der Waals surface area contributed by atoms with Crippen molar-refractivity contribution >= 4 is 27.8 Å². The maximum absolute atomic E-state index is 12.4. The number of halogens is 1. The van der Waals surface area contributed by atoms with E-state index in [4.69, 9.17) is 4.74 Å². The van der Waals surface area contributed by atoms with Crippen LogP contribution >= 0.6 is 15.9 Å².